The molecule has 1 aliphatic carbocycles. The van der Waals surface area contributed by atoms with Gasteiger partial charge in [-0.15, -0.1) is 0 Å². The maximum Gasteiger partial charge on any atom is 0.0139 e. The monoisotopic (exact) mass is 263 g/mol. The first-order chi connectivity index (χ1) is 9.92. The Morgan fingerprint density at radius 1 is 0.900 bits per heavy atom. The van der Waals surface area contributed by atoms with Gasteiger partial charge in [-0.1, -0.05) is 48.5 Å². The standard InChI is InChI=1S/C19H21N/c1-2-5-14(6-3-1)15-8-10-17-16(13-15)9-11-19-18(17)7-4-12-20-19/h1-3,5-6,8,10,13,18-20H,4,7,9,11-12H2/t18?,19-/m0/s1. The molecule has 1 unspecified atom stereocenters. The van der Waals surface area contributed by atoms with E-state index in [0.717, 1.165) is 12.0 Å². The second-order valence-corrected chi connectivity index (χ2v) is 6.13. The highest BCUT2D eigenvalue weighted by molar-refractivity contribution is 5.65. The Balaban J connectivity index is 1.72. The summed E-state index contributed by atoms with van der Waals surface area (Å²) in [5, 5.41) is 3.71. The SMILES string of the molecule is c1ccc(-c2ccc3c(c2)CC[C@@H]2NCCCC32)cc1. The lowest BCUT2D eigenvalue weighted by molar-refractivity contribution is 0.319. The lowest BCUT2D eigenvalue weighted by Crippen LogP contribution is -2.42. The number of nitrogens with one attached hydrogen (secondary N) is 1. The molecular formula is C19H21N. The Morgan fingerprint density at radius 3 is 2.70 bits per heavy atom. The quantitative estimate of drug-likeness (QED) is 0.815. The summed E-state index contributed by atoms with van der Waals surface area (Å²) in [5.41, 5.74) is 5.88. The van der Waals surface area contributed by atoms with Crippen LogP contribution >= 0.6 is 0 Å². The van der Waals surface area contributed by atoms with Crippen LogP contribution in [0.4, 0.5) is 0 Å². The second kappa shape index (κ2) is 5.06. The van der Waals surface area contributed by atoms with Crippen molar-refractivity contribution in [3.8, 4) is 11.1 Å². The molecule has 1 heterocycles. The van der Waals surface area contributed by atoms with Crippen molar-refractivity contribution in [2.45, 2.75) is 37.6 Å². The molecule has 2 aromatic carbocycles. The molecule has 1 aliphatic heterocycles. The van der Waals surface area contributed by atoms with E-state index in [0.29, 0.717) is 0 Å². The third-order valence-corrected chi connectivity index (χ3v) is 4.96. The fraction of sp³-hybridized carbons (Fsp3) is 0.368. The summed E-state index contributed by atoms with van der Waals surface area (Å²) in [6, 6.07) is 18.6. The number of hydrogen-bond acceptors (Lipinski definition) is 1. The molecule has 1 saturated heterocycles. The summed E-state index contributed by atoms with van der Waals surface area (Å²) in [6.45, 7) is 1.21. The van der Waals surface area contributed by atoms with Crippen LogP contribution in [0.1, 0.15) is 36.3 Å². The van der Waals surface area contributed by atoms with E-state index in [-0.39, 0.29) is 0 Å². The van der Waals surface area contributed by atoms with Crippen LogP contribution < -0.4 is 5.32 Å². The van der Waals surface area contributed by atoms with Crippen molar-refractivity contribution < 1.29 is 0 Å². The van der Waals surface area contributed by atoms with Crippen molar-refractivity contribution in [2.75, 3.05) is 6.54 Å². The summed E-state index contributed by atoms with van der Waals surface area (Å²) in [4.78, 5) is 0. The average molecular weight is 263 g/mol. The predicted molar refractivity (Wildman–Crippen MR) is 84.0 cm³/mol. The van der Waals surface area contributed by atoms with Crippen LogP contribution in [-0.4, -0.2) is 12.6 Å². The van der Waals surface area contributed by atoms with E-state index in [1.165, 1.54) is 43.4 Å². The smallest absolute Gasteiger partial charge is 0.0139 e. The van der Waals surface area contributed by atoms with Gasteiger partial charge in [-0.25, -0.2) is 0 Å². The van der Waals surface area contributed by atoms with Crippen LogP contribution in [-0.2, 0) is 6.42 Å². The van der Waals surface area contributed by atoms with E-state index >= 15 is 0 Å². The molecule has 1 heteroatoms. The minimum Gasteiger partial charge on any atom is -0.313 e. The summed E-state index contributed by atoms with van der Waals surface area (Å²) >= 11 is 0. The van der Waals surface area contributed by atoms with Gasteiger partial charge in [0.05, 0.1) is 0 Å². The normalized spacial score (nSPS) is 24.8. The number of piperidine rings is 1. The molecule has 0 radical (unpaired) electrons. The molecule has 20 heavy (non-hydrogen) atoms. The summed E-state index contributed by atoms with van der Waals surface area (Å²) in [6.07, 6.45) is 5.20. The minimum atomic E-state index is 0.721. The molecule has 2 atom stereocenters. The van der Waals surface area contributed by atoms with Gasteiger partial charge in [-0.3, -0.25) is 0 Å². The molecule has 0 spiro atoms. The van der Waals surface area contributed by atoms with Crippen molar-refractivity contribution in [2.24, 2.45) is 0 Å². The molecule has 2 aromatic rings. The third kappa shape index (κ3) is 2.06. The molecule has 0 saturated carbocycles. The van der Waals surface area contributed by atoms with Crippen LogP contribution in [0.5, 0.6) is 0 Å². The maximum atomic E-state index is 3.71. The van der Waals surface area contributed by atoms with E-state index in [9.17, 15) is 0 Å². The molecule has 102 valence electrons. The highest BCUT2D eigenvalue weighted by Gasteiger charge is 2.31. The fourth-order valence-electron chi connectivity index (χ4n) is 3.93. The van der Waals surface area contributed by atoms with Gasteiger partial charge in [-0.2, -0.15) is 0 Å². The zero-order valence-electron chi connectivity index (χ0n) is 11.8. The second-order valence-electron chi connectivity index (χ2n) is 6.13. The van der Waals surface area contributed by atoms with Crippen LogP contribution in [0.25, 0.3) is 11.1 Å². The van der Waals surface area contributed by atoms with E-state index in [1.807, 2.05) is 0 Å². The molecule has 1 N–H and O–H groups in total. The van der Waals surface area contributed by atoms with E-state index in [1.54, 1.807) is 11.1 Å². The van der Waals surface area contributed by atoms with Gasteiger partial charge < -0.3 is 5.32 Å². The average Bonchev–Trinajstić information content (AvgIpc) is 2.55. The van der Waals surface area contributed by atoms with Gasteiger partial charge in [0.15, 0.2) is 0 Å². The molecular weight excluding hydrogens is 242 g/mol. The fourth-order valence-corrected chi connectivity index (χ4v) is 3.93. The Morgan fingerprint density at radius 2 is 1.80 bits per heavy atom. The minimum absolute atomic E-state index is 0.721. The summed E-state index contributed by atoms with van der Waals surface area (Å²) in [5.74, 6) is 0.748. The van der Waals surface area contributed by atoms with Gasteiger partial charge in [-0.05, 0) is 60.4 Å². The Labute approximate surface area is 121 Å². The zero-order chi connectivity index (χ0) is 13.4. The van der Waals surface area contributed by atoms with E-state index in [4.69, 9.17) is 0 Å². The zero-order valence-corrected chi connectivity index (χ0v) is 11.8. The first kappa shape index (κ1) is 12.2. The van der Waals surface area contributed by atoms with Crippen molar-refractivity contribution in [3.05, 3.63) is 59.7 Å². The number of benzene rings is 2. The van der Waals surface area contributed by atoms with E-state index in [2.05, 4.69) is 53.8 Å². The van der Waals surface area contributed by atoms with Gasteiger partial charge in [0.25, 0.3) is 0 Å². The molecule has 4 rings (SSSR count). The van der Waals surface area contributed by atoms with Crippen molar-refractivity contribution in [3.63, 3.8) is 0 Å². The molecule has 0 aromatic heterocycles. The van der Waals surface area contributed by atoms with Crippen molar-refractivity contribution in [1.29, 1.82) is 0 Å². The predicted octanol–water partition coefficient (Wildman–Crippen LogP) is 4.14. The molecule has 2 aliphatic rings. The molecule has 1 nitrogen and oxygen atoms in total. The maximum absolute atomic E-state index is 3.71. The topological polar surface area (TPSA) is 12.0 Å². The molecule has 0 bridgehead atoms. The van der Waals surface area contributed by atoms with Crippen LogP contribution in [0.15, 0.2) is 48.5 Å². The lowest BCUT2D eigenvalue weighted by atomic mass is 9.74. The first-order valence-electron chi connectivity index (χ1n) is 7.83. The van der Waals surface area contributed by atoms with Gasteiger partial charge in [0.2, 0.25) is 0 Å². The van der Waals surface area contributed by atoms with E-state index < -0.39 is 0 Å². The summed E-state index contributed by atoms with van der Waals surface area (Å²) < 4.78 is 0. The number of aryl methyl sites for hydroxylation is 1. The Hall–Kier alpha value is -1.60. The number of fused-ring (bicyclic) bond motifs is 3. The van der Waals surface area contributed by atoms with Gasteiger partial charge >= 0.3 is 0 Å². The molecule has 1 fully saturated rings. The van der Waals surface area contributed by atoms with Crippen molar-refractivity contribution in [1.82, 2.24) is 5.32 Å². The third-order valence-electron chi connectivity index (χ3n) is 4.96. The summed E-state index contributed by atoms with van der Waals surface area (Å²) in [7, 11) is 0. The van der Waals surface area contributed by atoms with Crippen LogP contribution in [0.3, 0.4) is 0 Å². The van der Waals surface area contributed by atoms with Crippen molar-refractivity contribution >= 4 is 0 Å². The number of hydrogen-bond donors (Lipinski definition) is 1. The van der Waals surface area contributed by atoms with Crippen LogP contribution in [0.2, 0.25) is 0 Å². The highest BCUT2D eigenvalue weighted by atomic mass is 14.9. The Bertz CT molecular complexity index is 602. The first-order valence-corrected chi connectivity index (χ1v) is 7.83. The largest absolute Gasteiger partial charge is 0.313 e. The number of rotatable bonds is 1. The highest BCUT2D eigenvalue weighted by Crippen LogP contribution is 2.38. The Kier molecular flexibility index (Phi) is 3.08. The lowest BCUT2D eigenvalue weighted by Gasteiger charge is -2.38. The van der Waals surface area contributed by atoms with Crippen LogP contribution in [0, 0.1) is 0 Å². The van der Waals surface area contributed by atoms with Gasteiger partial charge in [0.1, 0.15) is 0 Å². The molecule has 0 amide bonds. The van der Waals surface area contributed by atoms with Gasteiger partial charge in [0, 0.05) is 6.04 Å².